The maximum absolute atomic E-state index is 12.0. The second-order valence-electron chi connectivity index (χ2n) is 6.21. The Hall–Kier alpha value is -2.55. The number of carbonyl (C=O) groups is 1. The summed E-state index contributed by atoms with van der Waals surface area (Å²) in [6.45, 7) is 6.31. The lowest BCUT2D eigenvalue weighted by atomic mass is 10.1. The van der Waals surface area contributed by atoms with E-state index >= 15 is 0 Å². The van der Waals surface area contributed by atoms with Crippen LogP contribution in [0.4, 0.5) is 5.69 Å². The number of benzene rings is 2. The van der Waals surface area contributed by atoms with Gasteiger partial charge in [0.15, 0.2) is 5.78 Å². The van der Waals surface area contributed by atoms with E-state index in [4.69, 9.17) is 0 Å². The molecular formula is C19H21NO2. The molecule has 3 nitrogen and oxygen atoms in total. The lowest BCUT2D eigenvalue weighted by Gasteiger charge is -2.22. The number of ketones is 1. The molecule has 0 saturated heterocycles. The van der Waals surface area contributed by atoms with E-state index < -0.39 is 0 Å². The first-order valence-corrected chi connectivity index (χ1v) is 7.24. The molecule has 0 amide bonds. The van der Waals surface area contributed by atoms with Crippen molar-refractivity contribution >= 4 is 17.5 Å². The van der Waals surface area contributed by atoms with Crippen LogP contribution in [0.3, 0.4) is 0 Å². The van der Waals surface area contributed by atoms with Gasteiger partial charge in [-0.2, -0.15) is 0 Å². The Bertz CT molecular complexity index is 679. The predicted molar refractivity (Wildman–Crippen MR) is 91.3 cm³/mol. The largest absolute Gasteiger partial charge is 0.507 e. The summed E-state index contributed by atoms with van der Waals surface area (Å²) in [4.78, 5) is 12.0. The Kier molecular flexibility index (Phi) is 4.66. The van der Waals surface area contributed by atoms with Crippen LogP contribution in [0.1, 0.15) is 36.7 Å². The first-order chi connectivity index (χ1) is 10.3. The number of anilines is 1. The summed E-state index contributed by atoms with van der Waals surface area (Å²) in [6.07, 6.45) is 3.22. The molecule has 0 aliphatic heterocycles. The van der Waals surface area contributed by atoms with Crippen molar-refractivity contribution in [2.45, 2.75) is 26.3 Å². The Morgan fingerprint density at radius 2 is 1.68 bits per heavy atom. The second kappa shape index (κ2) is 6.48. The Balaban J connectivity index is 2.07. The van der Waals surface area contributed by atoms with Crippen LogP contribution in [-0.2, 0) is 0 Å². The molecule has 0 heterocycles. The van der Waals surface area contributed by atoms with Crippen LogP contribution in [0.5, 0.6) is 5.75 Å². The SMILES string of the molecule is CC(C)(C)Nc1ccc(/C=C/C(=O)c2ccccc2O)cc1. The summed E-state index contributed by atoms with van der Waals surface area (Å²) < 4.78 is 0. The van der Waals surface area contributed by atoms with E-state index in [-0.39, 0.29) is 17.1 Å². The highest BCUT2D eigenvalue weighted by molar-refractivity contribution is 6.08. The van der Waals surface area contributed by atoms with Crippen LogP contribution in [0.2, 0.25) is 0 Å². The van der Waals surface area contributed by atoms with Gasteiger partial charge in [0, 0.05) is 11.2 Å². The van der Waals surface area contributed by atoms with E-state index in [0.29, 0.717) is 5.56 Å². The number of allylic oxidation sites excluding steroid dienone is 1. The highest BCUT2D eigenvalue weighted by Crippen LogP contribution is 2.18. The van der Waals surface area contributed by atoms with Gasteiger partial charge in [-0.15, -0.1) is 0 Å². The van der Waals surface area contributed by atoms with Crippen molar-refractivity contribution in [1.82, 2.24) is 0 Å². The normalized spacial score (nSPS) is 11.6. The molecule has 114 valence electrons. The van der Waals surface area contributed by atoms with Gasteiger partial charge in [-0.25, -0.2) is 0 Å². The fourth-order valence-electron chi connectivity index (χ4n) is 2.05. The second-order valence-corrected chi connectivity index (χ2v) is 6.21. The summed E-state index contributed by atoms with van der Waals surface area (Å²) in [5.41, 5.74) is 2.29. The summed E-state index contributed by atoms with van der Waals surface area (Å²) in [7, 11) is 0. The molecule has 2 rings (SSSR count). The Labute approximate surface area is 131 Å². The standard InChI is InChI=1S/C19H21NO2/c1-19(2,3)20-15-11-8-14(9-12-15)10-13-18(22)16-6-4-5-7-17(16)21/h4-13,20-21H,1-3H3/b13-10+. The zero-order valence-electron chi connectivity index (χ0n) is 13.1. The van der Waals surface area contributed by atoms with Crippen LogP contribution in [0, 0.1) is 0 Å². The lowest BCUT2D eigenvalue weighted by molar-refractivity contribution is 0.104. The van der Waals surface area contributed by atoms with Crippen molar-refractivity contribution in [2.24, 2.45) is 0 Å². The quantitative estimate of drug-likeness (QED) is 0.645. The average Bonchev–Trinajstić information content (AvgIpc) is 2.45. The highest BCUT2D eigenvalue weighted by Gasteiger charge is 2.09. The van der Waals surface area contributed by atoms with E-state index in [9.17, 15) is 9.90 Å². The van der Waals surface area contributed by atoms with E-state index in [1.165, 1.54) is 12.1 Å². The number of para-hydroxylation sites is 1. The molecule has 0 aliphatic carbocycles. The molecule has 22 heavy (non-hydrogen) atoms. The van der Waals surface area contributed by atoms with E-state index in [2.05, 4.69) is 26.1 Å². The molecule has 2 aromatic carbocycles. The number of nitrogens with one attached hydrogen (secondary N) is 1. The first-order valence-electron chi connectivity index (χ1n) is 7.24. The minimum Gasteiger partial charge on any atom is -0.507 e. The maximum Gasteiger partial charge on any atom is 0.189 e. The molecule has 3 heteroatoms. The molecule has 2 aromatic rings. The van der Waals surface area contributed by atoms with Gasteiger partial charge in [0.2, 0.25) is 0 Å². The number of aromatic hydroxyl groups is 1. The van der Waals surface area contributed by atoms with Gasteiger partial charge in [0.05, 0.1) is 5.56 Å². The molecule has 0 bridgehead atoms. The number of hydrogen-bond donors (Lipinski definition) is 2. The highest BCUT2D eigenvalue weighted by atomic mass is 16.3. The van der Waals surface area contributed by atoms with Gasteiger partial charge in [0.1, 0.15) is 5.75 Å². The van der Waals surface area contributed by atoms with Gasteiger partial charge < -0.3 is 10.4 Å². The fourth-order valence-corrected chi connectivity index (χ4v) is 2.05. The third kappa shape index (κ3) is 4.48. The van der Waals surface area contributed by atoms with Gasteiger partial charge in [-0.1, -0.05) is 30.3 Å². The molecule has 0 atom stereocenters. The zero-order chi connectivity index (χ0) is 16.2. The molecule has 0 aliphatic rings. The minimum absolute atomic E-state index is 0.00174. The minimum atomic E-state index is -0.213. The Morgan fingerprint density at radius 3 is 2.27 bits per heavy atom. The summed E-state index contributed by atoms with van der Waals surface area (Å²) in [5, 5.41) is 13.0. The molecule has 0 aromatic heterocycles. The predicted octanol–water partition coefficient (Wildman–Crippen LogP) is 4.50. The van der Waals surface area contributed by atoms with Crippen LogP contribution >= 0.6 is 0 Å². The van der Waals surface area contributed by atoms with Crippen molar-refractivity contribution in [3.63, 3.8) is 0 Å². The van der Waals surface area contributed by atoms with Gasteiger partial charge in [-0.05, 0) is 56.7 Å². The van der Waals surface area contributed by atoms with Gasteiger partial charge >= 0.3 is 0 Å². The fraction of sp³-hybridized carbons (Fsp3) is 0.211. The lowest BCUT2D eigenvalue weighted by Crippen LogP contribution is -2.25. The van der Waals surface area contributed by atoms with Crippen LogP contribution < -0.4 is 5.32 Å². The van der Waals surface area contributed by atoms with Crippen LogP contribution in [0.25, 0.3) is 6.08 Å². The molecule has 0 fully saturated rings. The summed E-state index contributed by atoms with van der Waals surface area (Å²) >= 11 is 0. The van der Waals surface area contributed by atoms with Gasteiger partial charge in [-0.3, -0.25) is 4.79 Å². The van der Waals surface area contributed by atoms with E-state index in [1.807, 2.05) is 24.3 Å². The number of phenols is 1. The number of phenolic OH excluding ortho intramolecular Hbond substituents is 1. The average molecular weight is 295 g/mol. The van der Waals surface area contributed by atoms with Gasteiger partial charge in [0.25, 0.3) is 0 Å². The van der Waals surface area contributed by atoms with Crippen molar-refractivity contribution in [2.75, 3.05) is 5.32 Å². The van der Waals surface area contributed by atoms with E-state index in [1.54, 1.807) is 24.3 Å². The maximum atomic E-state index is 12.0. The monoisotopic (exact) mass is 295 g/mol. The molecule has 0 spiro atoms. The van der Waals surface area contributed by atoms with Crippen LogP contribution in [-0.4, -0.2) is 16.4 Å². The van der Waals surface area contributed by atoms with Crippen molar-refractivity contribution < 1.29 is 9.90 Å². The summed E-state index contributed by atoms with van der Waals surface area (Å²) in [5.74, 6) is -0.211. The third-order valence-corrected chi connectivity index (χ3v) is 3.03. The first kappa shape index (κ1) is 15.8. The van der Waals surface area contributed by atoms with Crippen molar-refractivity contribution in [3.05, 3.63) is 65.7 Å². The molecule has 2 N–H and O–H groups in total. The molecule has 0 saturated carbocycles. The van der Waals surface area contributed by atoms with E-state index in [0.717, 1.165) is 11.3 Å². The topological polar surface area (TPSA) is 49.3 Å². The molecule has 0 unspecified atom stereocenters. The molecule has 0 radical (unpaired) electrons. The summed E-state index contributed by atoms with van der Waals surface area (Å²) in [6, 6.07) is 14.4. The smallest absolute Gasteiger partial charge is 0.189 e. The molecular weight excluding hydrogens is 274 g/mol. The number of carbonyl (C=O) groups excluding carboxylic acids is 1. The zero-order valence-corrected chi connectivity index (χ0v) is 13.1. The van der Waals surface area contributed by atoms with Crippen molar-refractivity contribution in [3.8, 4) is 5.75 Å². The van der Waals surface area contributed by atoms with Crippen LogP contribution in [0.15, 0.2) is 54.6 Å². The number of hydrogen-bond acceptors (Lipinski definition) is 3. The van der Waals surface area contributed by atoms with Crippen molar-refractivity contribution in [1.29, 1.82) is 0 Å². The number of rotatable bonds is 4. The Morgan fingerprint density at radius 1 is 1.05 bits per heavy atom. The third-order valence-electron chi connectivity index (χ3n) is 3.03.